The monoisotopic (exact) mass is 247 g/mol. The number of carbonyl (C=O) groups excluding carboxylic acids is 1. The first-order valence-electron chi connectivity index (χ1n) is 6.71. The first kappa shape index (κ1) is 14.7. The van der Waals surface area contributed by atoms with Crippen LogP contribution in [-0.2, 0) is 0 Å². The minimum absolute atomic E-state index is 0.0329. The van der Waals surface area contributed by atoms with Crippen LogP contribution in [0.1, 0.15) is 49.2 Å². The van der Waals surface area contributed by atoms with Gasteiger partial charge >= 0.3 is 0 Å². The average Bonchev–Trinajstić information content (AvgIpc) is 2.28. The van der Waals surface area contributed by atoms with Crippen LogP contribution in [0.4, 0.5) is 0 Å². The lowest BCUT2D eigenvalue weighted by Gasteiger charge is -2.26. The third kappa shape index (κ3) is 3.59. The molecule has 1 aromatic carbocycles. The summed E-state index contributed by atoms with van der Waals surface area (Å²) in [7, 11) is 0. The molecule has 1 aromatic rings. The van der Waals surface area contributed by atoms with Crippen LogP contribution in [-0.4, -0.2) is 11.9 Å². The summed E-state index contributed by atoms with van der Waals surface area (Å²) in [5, 5.41) is 3.14. The van der Waals surface area contributed by atoms with Crippen LogP contribution in [0.3, 0.4) is 0 Å². The van der Waals surface area contributed by atoms with E-state index in [-0.39, 0.29) is 11.9 Å². The summed E-state index contributed by atoms with van der Waals surface area (Å²) in [5.41, 5.74) is 3.13. The van der Waals surface area contributed by atoms with E-state index in [4.69, 9.17) is 0 Å². The number of nitrogens with one attached hydrogen (secondary N) is 1. The van der Waals surface area contributed by atoms with Gasteiger partial charge in [0, 0.05) is 11.6 Å². The summed E-state index contributed by atoms with van der Waals surface area (Å²) >= 11 is 0. The predicted molar refractivity (Wildman–Crippen MR) is 76.8 cm³/mol. The average molecular weight is 247 g/mol. The molecule has 1 rings (SSSR count). The third-order valence-corrected chi connectivity index (χ3v) is 3.50. The standard InChI is InChI=1S/C16H25NO/c1-10(2)15(11(3)4)17-16(18)14-8-7-12(5)13(6)9-14/h7-11,15H,1-6H3,(H,17,18). The lowest BCUT2D eigenvalue weighted by Crippen LogP contribution is -2.42. The molecule has 2 heteroatoms. The Kier molecular flexibility index (Phi) is 4.94. The van der Waals surface area contributed by atoms with Gasteiger partial charge in [0.05, 0.1) is 0 Å². The van der Waals surface area contributed by atoms with Gasteiger partial charge in [-0.25, -0.2) is 0 Å². The van der Waals surface area contributed by atoms with Crippen LogP contribution in [0.2, 0.25) is 0 Å². The lowest BCUT2D eigenvalue weighted by molar-refractivity contribution is 0.0910. The first-order chi connectivity index (χ1) is 8.32. The largest absolute Gasteiger partial charge is 0.349 e. The van der Waals surface area contributed by atoms with E-state index in [9.17, 15) is 4.79 Å². The molecule has 0 aliphatic rings. The summed E-state index contributed by atoms with van der Waals surface area (Å²) < 4.78 is 0. The Morgan fingerprint density at radius 3 is 2.00 bits per heavy atom. The highest BCUT2D eigenvalue weighted by Crippen LogP contribution is 2.14. The van der Waals surface area contributed by atoms with Crippen molar-refractivity contribution in [3.8, 4) is 0 Å². The maximum absolute atomic E-state index is 12.2. The van der Waals surface area contributed by atoms with Gasteiger partial charge in [-0.1, -0.05) is 33.8 Å². The van der Waals surface area contributed by atoms with Gasteiger partial charge in [0.2, 0.25) is 0 Å². The van der Waals surface area contributed by atoms with Crippen molar-refractivity contribution >= 4 is 5.91 Å². The smallest absolute Gasteiger partial charge is 0.251 e. The van der Waals surface area contributed by atoms with Crippen LogP contribution in [0.25, 0.3) is 0 Å². The molecule has 0 radical (unpaired) electrons. The predicted octanol–water partition coefficient (Wildman–Crippen LogP) is 3.71. The molecule has 0 spiro atoms. The molecule has 2 nitrogen and oxygen atoms in total. The third-order valence-electron chi connectivity index (χ3n) is 3.50. The fourth-order valence-corrected chi connectivity index (χ4v) is 2.22. The van der Waals surface area contributed by atoms with Gasteiger partial charge in [-0.2, -0.15) is 0 Å². The summed E-state index contributed by atoms with van der Waals surface area (Å²) in [4.78, 5) is 12.2. The van der Waals surface area contributed by atoms with Gasteiger partial charge in [0.15, 0.2) is 0 Å². The summed E-state index contributed by atoms with van der Waals surface area (Å²) in [5.74, 6) is 0.923. The van der Waals surface area contributed by atoms with Crippen molar-refractivity contribution in [1.29, 1.82) is 0 Å². The minimum Gasteiger partial charge on any atom is -0.349 e. The SMILES string of the molecule is Cc1ccc(C(=O)NC(C(C)C)C(C)C)cc1C. The van der Waals surface area contributed by atoms with Crippen LogP contribution in [0.15, 0.2) is 18.2 Å². The van der Waals surface area contributed by atoms with Crippen LogP contribution in [0, 0.1) is 25.7 Å². The number of hydrogen-bond donors (Lipinski definition) is 1. The fourth-order valence-electron chi connectivity index (χ4n) is 2.22. The molecule has 0 heterocycles. The topological polar surface area (TPSA) is 29.1 Å². The molecule has 1 N–H and O–H groups in total. The van der Waals surface area contributed by atoms with Crippen LogP contribution in [0.5, 0.6) is 0 Å². The zero-order valence-electron chi connectivity index (χ0n) is 12.4. The fraction of sp³-hybridized carbons (Fsp3) is 0.562. The van der Waals surface area contributed by atoms with Gasteiger partial charge in [-0.3, -0.25) is 4.79 Å². The maximum atomic E-state index is 12.2. The molecule has 0 saturated heterocycles. The number of carbonyl (C=O) groups is 1. The Morgan fingerprint density at radius 2 is 1.56 bits per heavy atom. The summed E-state index contributed by atoms with van der Waals surface area (Å²) in [6, 6.07) is 6.08. The Balaban J connectivity index is 2.84. The molecular formula is C16H25NO. The molecule has 0 aliphatic heterocycles. The molecule has 0 fully saturated rings. The summed E-state index contributed by atoms with van der Waals surface area (Å²) in [6.07, 6.45) is 0. The second kappa shape index (κ2) is 6.03. The number of rotatable bonds is 4. The van der Waals surface area contributed by atoms with Crippen molar-refractivity contribution in [1.82, 2.24) is 5.32 Å². The minimum atomic E-state index is 0.0329. The number of benzene rings is 1. The van der Waals surface area contributed by atoms with E-state index in [0.29, 0.717) is 11.8 Å². The van der Waals surface area contributed by atoms with Gasteiger partial charge in [0.25, 0.3) is 5.91 Å². The highest BCUT2D eigenvalue weighted by Gasteiger charge is 2.20. The quantitative estimate of drug-likeness (QED) is 0.863. The van der Waals surface area contributed by atoms with Crippen molar-refractivity contribution in [3.63, 3.8) is 0 Å². The highest BCUT2D eigenvalue weighted by atomic mass is 16.1. The zero-order valence-corrected chi connectivity index (χ0v) is 12.4. The summed E-state index contributed by atoms with van der Waals surface area (Å²) in [6.45, 7) is 12.7. The molecule has 100 valence electrons. The zero-order chi connectivity index (χ0) is 13.9. The second-order valence-corrected chi connectivity index (χ2v) is 5.79. The van der Waals surface area contributed by atoms with Crippen LogP contribution < -0.4 is 5.32 Å². The molecule has 0 saturated carbocycles. The Bertz CT molecular complexity index is 413. The molecule has 0 unspecified atom stereocenters. The molecule has 0 aromatic heterocycles. The van der Waals surface area contributed by atoms with E-state index in [0.717, 1.165) is 11.1 Å². The molecule has 18 heavy (non-hydrogen) atoms. The van der Waals surface area contributed by atoms with Crippen molar-refractivity contribution < 1.29 is 4.79 Å². The van der Waals surface area contributed by atoms with E-state index >= 15 is 0 Å². The van der Waals surface area contributed by atoms with Crippen molar-refractivity contribution in [3.05, 3.63) is 34.9 Å². The molecule has 0 atom stereocenters. The first-order valence-corrected chi connectivity index (χ1v) is 6.71. The van der Waals surface area contributed by atoms with E-state index in [1.54, 1.807) is 0 Å². The second-order valence-electron chi connectivity index (χ2n) is 5.79. The van der Waals surface area contributed by atoms with E-state index < -0.39 is 0 Å². The molecule has 1 amide bonds. The number of hydrogen-bond acceptors (Lipinski definition) is 1. The van der Waals surface area contributed by atoms with Crippen molar-refractivity contribution in [2.45, 2.75) is 47.6 Å². The number of amides is 1. The Morgan fingerprint density at radius 1 is 1.00 bits per heavy atom. The Hall–Kier alpha value is -1.31. The van der Waals surface area contributed by atoms with E-state index in [1.165, 1.54) is 5.56 Å². The van der Waals surface area contributed by atoms with Crippen LogP contribution >= 0.6 is 0 Å². The van der Waals surface area contributed by atoms with Gasteiger partial charge in [-0.15, -0.1) is 0 Å². The van der Waals surface area contributed by atoms with E-state index in [2.05, 4.69) is 39.9 Å². The molecule has 0 aliphatic carbocycles. The normalized spacial score (nSPS) is 11.4. The lowest BCUT2D eigenvalue weighted by atomic mass is 9.93. The highest BCUT2D eigenvalue weighted by molar-refractivity contribution is 5.94. The van der Waals surface area contributed by atoms with E-state index in [1.807, 2.05) is 25.1 Å². The molecule has 0 bridgehead atoms. The van der Waals surface area contributed by atoms with Crippen molar-refractivity contribution in [2.24, 2.45) is 11.8 Å². The maximum Gasteiger partial charge on any atom is 0.251 e. The van der Waals surface area contributed by atoms with Gasteiger partial charge < -0.3 is 5.32 Å². The van der Waals surface area contributed by atoms with Gasteiger partial charge in [-0.05, 0) is 48.9 Å². The van der Waals surface area contributed by atoms with Crippen molar-refractivity contribution in [2.75, 3.05) is 0 Å². The number of aryl methyl sites for hydroxylation is 2. The van der Waals surface area contributed by atoms with Gasteiger partial charge in [0.1, 0.15) is 0 Å². The molecular weight excluding hydrogens is 222 g/mol. The Labute approximate surface area is 111 Å².